The fourth-order valence-corrected chi connectivity index (χ4v) is 2.87. The lowest BCUT2D eigenvalue weighted by Gasteiger charge is -2.28. The first-order valence-electron chi connectivity index (χ1n) is 10.5. The Kier molecular flexibility index (Phi) is 12.0. The van der Waals surface area contributed by atoms with Crippen molar-refractivity contribution in [2.75, 3.05) is 33.0 Å². The van der Waals surface area contributed by atoms with E-state index in [1.165, 1.54) is 0 Å². The van der Waals surface area contributed by atoms with Gasteiger partial charge in [-0.3, -0.25) is 19.2 Å². The summed E-state index contributed by atoms with van der Waals surface area (Å²) in [6.45, 7) is 6.19. The molecule has 0 N–H and O–H groups in total. The molecule has 0 aromatic rings. The summed E-state index contributed by atoms with van der Waals surface area (Å²) in [5.41, 5.74) is -0.555. The Morgan fingerprint density at radius 2 is 1.60 bits per heavy atom. The predicted molar refractivity (Wildman–Crippen MR) is 105 cm³/mol. The average molecular weight is 430 g/mol. The monoisotopic (exact) mass is 430 g/mol. The zero-order chi connectivity index (χ0) is 22.4. The topological polar surface area (TPSA) is 114 Å². The van der Waals surface area contributed by atoms with Gasteiger partial charge in [-0.25, -0.2) is 0 Å². The first kappa shape index (κ1) is 25.9. The van der Waals surface area contributed by atoms with Crippen LogP contribution in [0.5, 0.6) is 0 Å². The van der Waals surface area contributed by atoms with E-state index in [-0.39, 0.29) is 45.4 Å². The molecule has 0 amide bonds. The molecule has 1 aliphatic rings. The van der Waals surface area contributed by atoms with Crippen molar-refractivity contribution in [1.29, 1.82) is 0 Å². The number of hydrogen-bond donors (Lipinski definition) is 0. The standard InChI is InChI=1S/C21H34O9/c1-4-21(2,3)20(25)29-14-13-27-18(23)9-10-26-11-12-28-19(24)16-7-5-6-8-17(16)30-15-22/h15-17H,4-14H2,1-3H3. The van der Waals surface area contributed by atoms with E-state index >= 15 is 0 Å². The second kappa shape index (κ2) is 14.0. The summed E-state index contributed by atoms with van der Waals surface area (Å²) in [6.07, 6.45) is 3.38. The van der Waals surface area contributed by atoms with E-state index in [4.69, 9.17) is 23.7 Å². The molecule has 0 radical (unpaired) electrons. The van der Waals surface area contributed by atoms with E-state index in [1.54, 1.807) is 13.8 Å². The highest BCUT2D eigenvalue weighted by molar-refractivity contribution is 5.75. The Labute approximate surface area is 177 Å². The molecule has 0 saturated heterocycles. The highest BCUT2D eigenvalue weighted by Crippen LogP contribution is 2.27. The van der Waals surface area contributed by atoms with E-state index in [1.807, 2.05) is 6.92 Å². The summed E-state index contributed by atoms with van der Waals surface area (Å²) < 4.78 is 25.5. The molecule has 1 saturated carbocycles. The van der Waals surface area contributed by atoms with Crippen LogP contribution in [0.2, 0.25) is 0 Å². The van der Waals surface area contributed by atoms with Crippen LogP contribution in [0.4, 0.5) is 0 Å². The molecular formula is C21H34O9. The largest absolute Gasteiger partial charge is 0.464 e. The van der Waals surface area contributed by atoms with Crippen molar-refractivity contribution < 1.29 is 42.9 Å². The van der Waals surface area contributed by atoms with Gasteiger partial charge >= 0.3 is 17.9 Å². The molecule has 2 atom stereocenters. The lowest BCUT2D eigenvalue weighted by Crippen LogP contribution is -2.35. The molecular weight excluding hydrogens is 396 g/mol. The molecule has 1 aliphatic carbocycles. The minimum Gasteiger partial charge on any atom is -0.464 e. The van der Waals surface area contributed by atoms with Crippen molar-refractivity contribution in [2.45, 2.75) is 65.4 Å². The Bertz CT molecular complexity index is 559. The molecule has 0 aromatic carbocycles. The summed E-state index contributed by atoms with van der Waals surface area (Å²) >= 11 is 0. The molecule has 0 spiro atoms. The van der Waals surface area contributed by atoms with Gasteiger partial charge in [-0.2, -0.15) is 0 Å². The van der Waals surface area contributed by atoms with Crippen LogP contribution >= 0.6 is 0 Å². The molecule has 2 unspecified atom stereocenters. The molecule has 172 valence electrons. The maximum Gasteiger partial charge on any atom is 0.312 e. The van der Waals surface area contributed by atoms with Crippen LogP contribution in [0, 0.1) is 11.3 Å². The maximum atomic E-state index is 12.1. The maximum absolute atomic E-state index is 12.1. The van der Waals surface area contributed by atoms with Gasteiger partial charge in [0.1, 0.15) is 25.9 Å². The van der Waals surface area contributed by atoms with Crippen molar-refractivity contribution in [1.82, 2.24) is 0 Å². The number of hydrogen-bond acceptors (Lipinski definition) is 9. The predicted octanol–water partition coefficient (Wildman–Crippen LogP) is 2.19. The first-order chi connectivity index (χ1) is 14.3. The van der Waals surface area contributed by atoms with E-state index in [0.29, 0.717) is 25.7 Å². The van der Waals surface area contributed by atoms with Crippen molar-refractivity contribution >= 4 is 24.4 Å². The lowest BCUT2D eigenvalue weighted by molar-refractivity contribution is -0.160. The summed E-state index contributed by atoms with van der Waals surface area (Å²) in [5.74, 6) is -1.62. The van der Waals surface area contributed by atoms with Gasteiger partial charge in [0.15, 0.2) is 0 Å². The van der Waals surface area contributed by atoms with Crippen LogP contribution in [0.15, 0.2) is 0 Å². The molecule has 1 fully saturated rings. The third kappa shape index (κ3) is 9.56. The zero-order valence-corrected chi connectivity index (χ0v) is 18.2. The van der Waals surface area contributed by atoms with Gasteiger partial charge in [-0.1, -0.05) is 13.3 Å². The van der Waals surface area contributed by atoms with Crippen LogP contribution in [0.3, 0.4) is 0 Å². The summed E-state index contributed by atoms with van der Waals surface area (Å²) in [6, 6.07) is 0. The summed E-state index contributed by atoms with van der Waals surface area (Å²) in [4.78, 5) is 46.0. The molecule has 9 nitrogen and oxygen atoms in total. The van der Waals surface area contributed by atoms with Gasteiger partial charge in [-0.05, 0) is 39.5 Å². The zero-order valence-electron chi connectivity index (χ0n) is 18.2. The van der Waals surface area contributed by atoms with Crippen molar-refractivity contribution in [2.24, 2.45) is 11.3 Å². The highest BCUT2D eigenvalue weighted by Gasteiger charge is 2.33. The van der Waals surface area contributed by atoms with Crippen molar-refractivity contribution in [3.63, 3.8) is 0 Å². The van der Waals surface area contributed by atoms with Gasteiger partial charge in [0.2, 0.25) is 0 Å². The number of carbonyl (C=O) groups excluding carboxylic acids is 4. The number of carbonyl (C=O) groups is 4. The van der Waals surface area contributed by atoms with Gasteiger partial charge in [0.25, 0.3) is 6.47 Å². The molecule has 0 aromatic heterocycles. The Hall–Kier alpha value is -2.16. The minimum atomic E-state index is -0.555. The summed E-state index contributed by atoms with van der Waals surface area (Å²) in [7, 11) is 0. The molecule has 1 rings (SSSR count). The quantitative estimate of drug-likeness (QED) is 0.177. The van der Waals surface area contributed by atoms with Crippen LogP contribution < -0.4 is 0 Å². The van der Waals surface area contributed by atoms with E-state index in [0.717, 1.165) is 12.8 Å². The third-order valence-electron chi connectivity index (χ3n) is 5.17. The van der Waals surface area contributed by atoms with Gasteiger partial charge in [0.05, 0.1) is 31.0 Å². The Balaban J connectivity index is 2.06. The Morgan fingerprint density at radius 3 is 2.30 bits per heavy atom. The Morgan fingerprint density at radius 1 is 0.933 bits per heavy atom. The van der Waals surface area contributed by atoms with Crippen LogP contribution in [0.25, 0.3) is 0 Å². The number of ether oxygens (including phenoxy) is 5. The van der Waals surface area contributed by atoms with Crippen LogP contribution in [0.1, 0.15) is 59.3 Å². The normalized spacial score (nSPS) is 18.9. The number of esters is 3. The van der Waals surface area contributed by atoms with Crippen molar-refractivity contribution in [3.8, 4) is 0 Å². The second-order valence-corrected chi connectivity index (χ2v) is 7.79. The van der Waals surface area contributed by atoms with Gasteiger partial charge in [0, 0.05) is 0 Å². The lowest BCUT2D eigenvalue weighted by atomic mass is 9.86. The van der Waals surface area contributed by atoms with Crippen LogP contribution in [-0.4, -0.2) is 63.5 Å². The van der Waals surface area contributed by atoms with Crippen LogP contribution in [-0.2, 0) is 42.9 Å². The second-order valence-electron chi connectivity index (χ2n) is 7.79. The minimum absolute atomic E-state index is 0.00655. The van der Waals surface area contributed by atoms with E-state index < -0.39 is 29.4 Å². The first-order valence-corrected chi connectivity index (χ1v) is 10.5. The molecule has 0 bridgehead atoms. The third-order valence-corrected chi connectivity index (χ3v) is 5.17. The number of rotatable bonds is 14. The highest BCUT2D eigenvalue weighted by atomic mass is 16.6. The summed E-state index contributed by atoms with van der Waals surface area (Å²) in [5, 5.41) is 0. The molecule has 0 heterocycles. The average Bonchev–Trinajstić information content (AvgIpc) is 2.73. The van der Waals surface area contributed by atoms with Gasteiger partial charge < -0.3 is 23.7 Å². The van der Waals surface area contributed by atoms with E-state index in [9.17, 15) is 19.2 Å². The van der Waals surface area contributed by atoms with E-state index in [2.05, 4.69) is 0 Å². The fraction of sp³-hybridized carbons (Fsp3) is 0.810. The smallest absolute Gasteiger partial charge is 0.312 e. The fourth-order valence-electron chi connectivity index (χ4n) is 2.87. The molecule has 9 heteroatoms. The van der Waals surface area contributed by atoms with Gasteiger partial charge in [-0.15, -0.1) is 0 Å². The SMILES string of the molecule is CCC(C)(C)C(=O)OCCOC(=O)CCOCCOC(=O)C1CCCCC1OC=O. The molecule has 30 heavy (non-hydrogen) atoms. The molecule has 0 aliphatic heterocycles. The van der Waals surface area contributed by atoms with Crippen molar-refractivity contribution in [3.05, 3.63) is 0 Å².